The summed E-state index contributed by atoms with van der Waals surface area (Å²) >= 11 is 1.66. The number of benzene rings is 1. The number of thioether (sulfide) groups is 1. The lowest BCUT2D eigenvalue weighted by molar-refractivity contribution is -0.146. The van der Waals surface area contributed by atoms with E-state index >= 15 is 0 Å². The molecule has 0 spiro atoms. The average Bonchev–Trinajstić information content (AvgIpc) is 2.48. The van der Waals surface area contributed by atoms with Gasteiger partial charge in [-0.25, -0.2) is 4.39 Å². The summed E-state index contributed by atoms with van der Waals surface area (Å²) in [6.45, 7) is 2.76. The van der Waals surface area contributed by atoms with Crippen LogP contribution in [-0.4, -0.2) is 28.4 Å². The zero-order chi connectivity index (χ0) is 15.3. The summed E-state index contributed by atoms with van der Waals surface area (Å²) in [7, 11) is 0. The Bertz CT molecular complexity index is 480. The summed E-state index contributed by atoms with van der Waals surface area (Å²) in [6, 6.07) is 6.42. The van der Waals surface area contributed by atoms with E-state index in [0.717, 1.165) is 30.7 Å². The van der Waals surface area contributed by atoms with Crippen LogP contribution in [0, 0.1) is 5.82 Å². The molecule has 1 fully saturated rings. The fourth-order valence-electron chi connectivity index (χ4n) is 2.83. The normalized spacial score (nSPS) is 25.7. The molecule has 0 radical (unpaired) electrons. The van der Waals surface area contributed by atoms with Crippen molar-refractivity contribution >= 4 is 17.7 Å². The van der Waals surface area contributed by atoms with E-state index in [0.29, 0.717) is 12.8 Å². The van der Waals surface area contributed by atoms with Crippen molar-refractivity contribution in [1.82, 2.24) is 5.32 Å². The maximum atomic E-state index is 12.9. The molecule has 0 aliphatic heterocycles. The quantitative estimate of drug-likeness (QED) is 0.841. The standard InChI is InChI=1S/C16H22FNO2S/c1-2-10-18-16(15(19)20)9-3-4-14(11-16)21-13-7-5-12(17)6-8-13/h5-8,14,18H,2-4,9-11H2,1H3,(H,19,20). The number of hydrogen-bond acceptors (Lipinski definition) is 3. The van der Waals surface area contributed by atoms with Gasteiger partial charge < -0.3 is 10.4 Å². The Hall–Kier alpha value is -1.07. The lowest BCUT2D eigenvalue weighted by Gasteiger charge is -2.38. The molecule has 0 bridgehead atoms. The van der Waals surface area contributed by atoms with Gasteiger partial charge in [-0.2, -0.15) is 0 Å². The first-order chi connectivity index (χ1) is 10.1. The van der Waals surface area contributed by atoms with Crippen LogP contribution in [0.25, 0.3) is 0 Å². The molecule has 116 valence electrons. The molecule has 1 aliphatic carbocycles. The highest BCUT2D eigenvalue weighted by atomic mass is 32.2. The first-order valence-electron chi connectivity index (χ1n) is 7.46. The second kappa shape index (κ2) is 7.27. The first kappa shape index (κ1) is 16.3. The fraction of sp³-hybridized carbons (Fsp3) is 0.562. The Balaban J connectivity index is 2.04. The topological polar surface area (TPSA) is 49.3 Å². The van der Waals surface area contributed by atoms with Crippen molar-refractivity contribution in [3.05, 3.63) is 30.1 Å². The summed E-state index contributed by atoms with van der Waals surface area (Å²) in [5.41, 5.74) is -0.800. The van der Waals surface area contributed by atoms with Gasteiger partial charge in [-0.1, -0.05) is 6.92 Å². The molecule has 1 saturated carbocycles. The highest BCUT2D eigenvalue weighted by molar-refractivity contribution is 8.00. The van der Waals surface area contributed by atoms with Gasteiger partial charge in [0.05, 0.1) is 0 Å². The summed E-state index contributed by atoms with van der Waals surface area (Å²) in [5.74, 6) is -0.993. The molecule has 2 unspecified atom stereocenters. The number of carbonyl (C=O) groups is 1. The van der Waals surface area contributed by atoms with E-state index in [-0.39, 0.29) is 11.1 Å². The third-order valence-corrected chi connectivity index (χ3v) is 5.22. The van der Waals surface area contributed by atoms with Crippen LogP contribution in [0.5, 0.6) is 0 Å². The summed E-state index contributed by atoms with van der Waals surface area (Å²) in [5, 5.41) is 13.1. The van der Waals surface area contributed by atoms with Crippen molar-refractivity contribution in [2.24, 2.45) is 0 Å². The van der Waals surface area contributed by atoms with Crippen molar-refractivity contribution in [2.75, 3.05) is 6.54 Å². The molecule has 21 heavy (non-hydrogen) atoms. The van der Waals surface area contributed by atoms with Gasteiger partial charge in [0, 0.05) is 10.1 Å². The molecule has 1 aliphatic rings. The number of hydrogen-bond donors (Lipinski definition) is 2. The Morgan fingerprint density at radius 3 is 2.81 bits per heavy atom. The third-order valence-electron chi connectivity index (χ3n) is 3.94. The van der Waals surface area contributed by atoms with E-state index in [2.05, 4.69) is 5.32 Å². The van der Waals surface area contributed by atoms with Crippen LogP contribution in [-0.2, 0) is 4.79 Å². The molecule has 1 aromatic rings. The third kappa shape index (κ3) is 4.20. The molecule has 0 saturated heterocycles. The number of rotatable bonds is 6. The minimum atomic E-state index is -0.800. The van der Waals surface area contributed by atoms with Gasteiger partial charge in [0.25, 0.3) is 0 Å². The van der Waals surface area contributed by atoms with Crippen molar-refractivity contribution < 1.29 is 14.3 Å². The van der Waals surface area contributed by atoms with E-state index < -0.39 is 11.5 Å². The maximum Gasteiger partial charge on any atom is 0.323 e. The molecule has 2 N–H and O–H groups in total. The fourth-order valence-corrected chi connectivity index (χ4v) is 4.16. The van der Waals surface area contributed by atoms with Crippen molar-refractivity contribution in [2.45, 2.75) is 54.7 Å². The Morgan fingerprint density at radius 1 is 1.48 bits per heavy atom. The lowest BCUT2D eigenvalue weighted by Crippen LogP contribution is -2.55. The molecule has 5 heteroatoms. The largest absolute Gasteiger partial charge is 0.480 e. The summed E-state index contributed by atoms with van der Waals surface area (Å²) < 4.78 is 12.9. The Morgan fingerprint density at radius 2 is 2.19 bits per heavy atom. The highest BCUT2D eigenvalue weighted by Gasteiger charge is 2.42. The van der Waals surface area contributed by atoms with Crippen LogP contribution >= 0.6 is 11.8 Å². The van der Waals surface area contributed by atoms with Crippen LogP contribution in [0.4, 0.5) is 4.39 Å². The van der Waals surface area contributed by atoms with Crippen molar-refractivity contribution in [3.63, 3.8) is 0 Å². The summed E-state index contributed by atoms with van der Waals surface area (Å²) in [4.78, 5) is 12.7. The molecule has 3 nitrogen and oxygen atoms in total. The average molecular weight is 311 g/mol. The molecule has 0 heterocycles. The molecule has 0 aromatic heterocycles. The second-order valence-electron chi connectivity index (χ2n) is 5.60. The van der Waals surface area contributed by atoms with Gasteiger partial charge in [0.15, 0.2) is 0 Å². The van der Waals surface area contributed by atoms with E-state index in [9.17, 15) is 14.3 Å². The minimum Gasteiger partial charge on any atom is -0.480 e. The molecule has 2 rings (SSSR count). The maximum absolute atomic E-state index is 12.9. The van der Waals surface area contributed by atoms with Gasteiger partial charge in [0.2, 0.25) is 0 Å². The number of carboxylic acids is 1. The highest BCUT2D eigenvalue weighted by Crippen LogP contribution is 2.38. The van der Waals surface area contributed by atoms with Crippen molar-refractivity contribution in [3.8, 4) is 0 Å². The Labute approximate surface area is 129 Å². The van der Waals surface area contributed by atoms with Crippen molar-refractivity contribution in [1.29, 1.82) is 0 Å². The van der Waals surface area contributed by atoms with Crippen LogP contribution < -0.4 is 5.32 Å². The van der Waals surface area contributed by atoms with Gasteiger partial charge in [0.1, 0.15) is 11.4 Å². The van der Waals surface area contributed by atoms with Gasteiger partial charge >= 0.3 is 5.97 Å². The molecule has 1 aromatic carbocycles. The van der Waals surface area contributed by atoms with Crippen LogP contribution in [0.1, 0.15) is 39.0 Å². The Kier molecular flexibility index (Phi) is 5.65. The van der Waals surface area contributed by atoms with Gasteiger partial charge in [-0.3, -0.25) is 4.79 Å². The monoisotopic (exact) mass is 311 g/mol. The van der Waals surface area contributed by atoms with Crippen LogP contribution in [0.15, 0.2) is 29.2 Å². The van der Waals surface area contributed by atoms with Crippen LogP contribution in [0.3, 0.4) is 0 Å². The predicted octanol–water partition coefficient (Wildman–Crippen LogP) is 3.68. The minimum absolute atomic E-state index is 0.243. The second-order valence-corrected chi connectivity index (χ2v) is 6.98. The van der Waals surface area contributed by atoms with Crippen LogP contribution in [0.2, 0.25) is 0 Å². The number of carboxylic acid groups (broad SMARTS) is 1. The molecular formula is C16H22FNO2S. The molecule has 0 amide bonds. The number of halogens is 1. The van der Waals surface area contributed by atoms with E-state index in [1.165, 1.54) is 12.1 Å². The van der Waals surface area contributed by atoms with Gasteiger partial charge in [-0.15, -0.1) is 11.8 Å². The summed E-state index contributed by atoms with van der Waals surface area (Å²) in [6.07, 6.45) is 4.13. The SMILES string of the molecule is CCCNC1(C(=O)O)CCCC(Sc2ccc(F)cc2)C1. The predicted molar refractivity (Wildman–Crippen MR) is 83.2 cm³/mol. The zero-order valence-electron chi connectivity index (χ0n) is 12.3. The lowest BCUT2D eigenvalue weighted by atomic mass is 9.81. The van der Waals surface area contributed by atoms with Gasteiger partial charge in [-0.05, 0) is 62.9 Å². The van der Waals surface area contributed by atoms with E-state index in [1.807, 2.05) is 6.92 Å². The number of aliphatic carboxylic acids is 1. The molecule has 2 atom stereocenters. The zero-order valence-corrected chi connectivity index (χ0v) is 13.1. The smallest absolute Gasteiger partial charge is 0.323 e. The first-order valence-corrected chi connectivity index (χ1v) is 8.34. The number of nitrogens with one attached hydrogen (secondary N) is 1. The van der Waals surface area contributed by atoms with E-state index in [4.69, 9.17) is 0 Å². The van der Waals surface area contributed by atoms with E-state index in [1.54, 1.807) is 23.9 Å². The molecular weight excluding hydrogens is 289 g/mol.